The number of aryl methyl sites for hydroxylation is 1. The fourth-order valence-electron chi connectivity index (χ4n) is 0.969. The number of hydrogen-bond acceptors (Lipinski definition) is 4. The summed E-state index contributed by atoms with van der Waals surface area (Å²) in [7, 11) is 3.16. The van der Waals surface area contributed by atoms with E-state index in [4.69, 9.17) is 0 Å². The van der Waals surface area contributed by atoms with Gasteiger partial charge in [0.15, 0.2) is 0 Å². The number of halogens is 1. The third kappa shape index (κ3) is 4.42. The maximum absolute atomic E-state index is 12.3. The summed E-state index contributed by atoms with van der Waals surface area (Å²) >= 11 is 2.45. The minimum absolute atomic E-state index is 0.932. The average Bonchev–Trinajstić information content (AvgIpc) is 2.21. The monoisotopic (exact) mass is 260 g/mol. The fourth-order valence-corrected chi connectivity index (χ4v) is 2.62. The Labute approximate surface area is 103 Å². The molecule has 3 nitrogen and oxygen atoms in total. The molecular weight excluding hydrogens is 247 g/mol. The van der Waals surface area contributed by atoms with Gasteiger partial charge in [-0.05, 0) is 31.0 Å². The number of benzene rings is 1. The average molecular weight is 260 g/mol. The fraction of sp³-hybridized carbons (Fsp3) is 0.300. The van der Waals surface area contributed by atoms with Crippen LogP contribution in [0.15, 0.2) is 29.2 Å². The van der Waals surface area contributed by atoms with Crippen LogP contribution >= 0.6 is 24.1 Å². The van der Waals surface area contributed by atoms with E-state index < -0.39 is 6.16 Å². The normalized spacial score (nSPS) is 10.6. The smallest absolute Gasteiger partial charge is 0.247 e. The van der Waals surface area contributed by atoms with Crippen LogP contribution in [-0.2, 0) is 0 Å². The zero-order valence-electron chi connectivity index (χ0n) is 9.31. The van der Waals surface area contributed by atoms with Gasteiger partial charge in [-0.15, -0.1) is 4.39 Å². The number of amides is 1. The first-order valence-electron chi connectivity index (χ1n) is 4.58. The topological polar surface area (TPSA) is 23.6 Å². The van der Waals surface area contributed by atoms with Gasteiger partial charge in [0.2, 0.25) is 0 Å². The number of hydrogen-bond donors (Lipinski definition) is 0. The standard InChI is InChI=1S/C10H13FN2OS2/c1-8-4-6-9(7-5-8)15-13(3)16-12(2)10(11)14/h4-7H,1-3H3. The molecule has 0 aliphatic rings. The van der Waals surface area contributed by atoms with Crippen LogP contribution in [0, 0.1) is 6.92 Å². The molecule has 16 heavy (non-hydrogen) atoms. The summed E-state index contributed by atoms with van der Waals surface area (Å²) in [6, 6.07) is 7.97. The van der Waals surface area contributed by atoms with Gasteiger partial charge in [0, 0.05) is 19.0 Å². The second-order valence-electron chi connectivity index (χ2n) is 3.18. The lowest BCUT2D eigenvalue weighted by Gasteiger charge is -2.18. The number of carbonyl (C=O) groups is 1. The first-order valence-corrected chi connectivity index (χ1v) is 6.09. The number of nitrogens with zero attached hydrogens (tertiary/aromatic N) is 2. The van der Waals surface area contributed by atoms with Crippen molar-refractivity contribution in [1.82, 2.24) is 8.02 Å². The van der Waals surface area contributed by atoms with Crippen LogP contribution < -0.4 is 0 Å². The van der Waals surface area contributed by atoms with Crippen LogP contribution in [0.25, 0.3) is 0 Å². The summed E-state index contributed by atoms with van der Waals surface area (Å²) in [6.07, 6.45) is -1.46. The molecule has 1 rings (SSSR count). The van der Waals surface area contributed by atoms with Gasteiger partial charge in [-0.25, -0.2) is 9.10 Å². The number of carbonyl (C=O) groups excluding carboxylic acids is 1. The molecule has 0 N–H and O–H groups in total. The van der Waals surface area contributed by atoms with Crippen LogP contribution in [0.3, 0.4) is 0 Å². The van der Waals surface area contributed by atoms with E-state index in [0.29, 0.717) is 0 Å². The van der Waals surface area contributed by atoms with Gasteiger partial charge in [-0.3, -0.25) is 0 Å². The Bertz CT molecular complexity index is 358. The van der Waals surface area contributed by atoms with Crippen molar-refractivity contribution < 1.29 is 9.18 Å². The maximum Gasteiger partial charge on any atom is 0.410 e. The first-order chi connectivity index (χ1) is 7.49. The van der Waals surface area contributed by atoms with Crippen molar-refractivity contribution in [2.24, 2.45) is 0 Å². The van der Waals surface area contributed by atoms with E-state index in [1.54, 1.807) is 10.8 Å². The van der Waals surface area contributed by atoms with Gasteiger partial charge in [-0.2, -0.15) is 3.71 Å². The molecule has 0 bridgehead atoms. The van der Waals surface area contributed by atoms with Crippen molar-refractivity contribution in [1.29, 1.82) is 0 Å². The molecule has 0 fully saturated rings. The quantitative estimate of drug-likeness (QED) is 0.469. The first kappa shape index (κ1) is 13.3. The van der Waals surface area contributed by atoms with Crippen molar-refractivity contribution in [2.45, 2.75) is 11.8 Å². The van der Waals surface area contributed by atoms with Gasteiger partial charge in [0.1, 0.15) is 0 Å². The molecule has 0 aliphatic heterocycles. The Hall–Kier alpha value is -0.720. The van der Waals surface area contributed by atoms with Gasteiger partial charge in [-0.1, -0.05) is 17.7 Å². The van der Waals surface area contributed by atoms with Gasteiger partial charge in [0.05, 0.1) is 12.1 Å². The number of rotatable bonds is 4. The minimum atomic E-state index is -1.46. The molecule has 0 spiro atoms. The van der Waals surface area contributed by atoms with Crippen LogP contribution in [0.4, 0.5) is 9.18 Å². The molecule has 0 atom stereocenters. The van der Waals surface area contributed by atoms with Gasteiger partial charge < -0.3 is 0 Å². The largest absolute Gasteiger partial charge is 0.410 e. The lowest BCUT2D eigenvalue weighted by Crippen LogP contribution is -2.17. The predicted molar refractivity (Wildman–Crippen MR) is 66.7 cm³/mol. The van der Waals surface area contributed by atoms with Crippen LogP contribution in [0.5, 0.6) is 0 Å². The molecule has 0 aliphatic carbocycles. The lowest BCUT2D eigenvalue weighted by molar-refractivity contribution is 0.209. The molecule has 1 amide bonds. The summed E-state index contributed by atoms with van der Waals surface area (Å²) in [5.74, 6) is 0. The van der Waals surface area contributed by atoms with Crippen LogP contribution in [0.2, 0.25) is 0 Å². The van der Waals surface area contributed by atoms with E-state index in [0.717, 1.165) is 21.3 Å². The molecule has 0 saturated heterocycles. The van der Waals surface area contributed by atoms with E-state index in [1.165, 1.54) is 24.6 Å². The van der Waals surface area contributed by atoms with Gasteiger partial charge >= 0.3 is 6.16 Å². The maximum atomic E-state index is 12.3. The second kappa shape index (κ2) is 6.12. The van der Waals surface area contributed by atoms with Crippen LogP contribution in [-0.4, -0.2) is 28.3 Å². The predicted octanol–water partition coefficient (Wildman–Crippen LogP) is 3.52. The minimum Gasteiger partial charge on any atom is -0.247 e. The highest BCUT2D eigenvalue weighted by atomic mass is 32.2. The molecule has 0 saturated carbocycles. The van der Waals surface area contributed by atoms with Crippen molar-refractivity contribution >= 4 is 30.2 Å². The summed E-state index contributed by atoms with van der Waals surface area (Å²) < 4.78 is 14.9. The van der Waals surface area contributed by atoms with E-state index in [-0.39, 0.29) is 0 Å². The van der Waals surface area contributed by atoms with Crippen molar-refractivity contribution in [2.75, 3.05) is 14.1 Å². The molecule has 0 heterocycles. The van der Waals surface area contributed by atoms with Crippen molar-refractivity contribution in [3.63, 3.8) is 0 Å². The van der Waals surface area contributed by atoms with Crippen molar-refractivity contribution in [3.05, 3.63) is 29.8 Å². The SMILES string of the molecule is Cc1ccc(SN(C)SN(C)C(=O)F)cc1. The Morgan fingerprint density at radius 3 is 2.31 bits per heavy atom. The third-order valence-corrected chi connectivity index (χ3v) is 3.52. The van der Waals surface area contributed by atoms with E-state index >= 15 is 0 Å². The molecule has 1 aromatic rings. The highest BCUT2D eigenvalue weighted by molar-refractivity contribution is 8.11. The zero-order valence-corrected chi connectivity index (χ0v) is 10.9. The lowest BCUT2D eigenvalue weighted by atomic mass is 10.2. The second-order valence-corrected chi connectivity index (χ2v) is 5.87. The molecule has 6 heteroatoms. The molecule has 0 aromatic heterocycles. The zero-order chi connectivity index (χ0) is 12.1. The molecular formula is C10H13FN2OS2. The Morgan fingerprint density at radius 2 is 1.81 bits per heavy atom. The summed E-state index contributed by atoms with van der Waals surface area (Å²) in [6.45, 7) is 2.02. The molecule has 88 valence electrons. The third-order valence-electron chi connectivity index (χ3n) is 1.74. The molecule has 0 unspecified atom stereocenters. The van der Waals surface area contributed by atoms with E-state index in [2.05, 4.69) is 0 Å². The van der Waals surface area contributed by atoms with Crippen molar-refractivity contribution in [3.8, 4) is 0 Å². The Kier molecular flexibility index (Phi) is 5.11. The van der Waals surface area contributed by atoms with E-state index in [9.17, 15) is 9.18 Å². The summed E-state index contributed by atoms with van der Waals surface area (Å²) in [5.41, 5.74) is 1.19. The molecule has 0 radical (unpaired) electrons. The Balaban J connectivity index is 2.48. The highest BCUT2D eigenvalue weighted by Gasteiger charge is 2.11. The van der Waals surface area contributed by atoms with Crippen LogP contribution in [0.1, 0.15) is 5.56 Å². The highest BCUT2D eigenvalue weighted by Crippen LogP contribution is 2.28. The summed E-state index contributed by atoms with van der Waals surface area (Å²) in [4.78, 5) is 11.4. The van der Waals surface area contributed by atoms with E-state index in [1.807, 2.05) is 31.2 Å². The summed E-state index contributed by atoms with van der Waals surface area (Å²) in [5, 5.41) is 0. The molecule has 1 aromatic carbocycles. The van der Waals surface area contributed by atoms with Gasteiger partial charge in [0.25, 0.3) is 0 Å². The Morgan fingerprint density at radius 1 is 1.25 bits per heavy atom.